The zero-order valence-electron chi connectivity index (χ0n) is 7.80. The van der Waals surface area contributed by atoms with Crippen LogP contribution in [0.5, 0.6) is 0 Å². The minimum absolute atomic E-state index is 0. The molecule has 0 aliphatic rings. The SMILES string of the molecule is CN(CC(=O)OP(=O)(O)O)C(=N)N.O.O.[NaH]. The molecular weight excluding hydrogens is 256 g/mol. The van der Waals surface area contributed by atoms with E-state index in [1.54, 1.807) is 0 Å². The van der Waals surface area contributed by atoms with E-state index in [0.29, 0.717) is 0 Å². The van der Waals surface area contributed by atoms with Crippen molar-refractivity contribution in [2.24, 2.45) is 5.73 Å². The molecule has 94 valence electrons. The van der Waals surface area contributed by atoms with E-state index >= 15 is 0 Å². The zero-order chi connectivity index (χ0) is 10.6. The molecule has 0 radical (unpaired) electrons. The first-order chi connectivity index (χ1) is 5.72. The van der Waals surface area contributed by atoms with Crippen LogP contribution in [0.3, 0.4) is 0 Å². The summed E-state index contributed by atoms with van der Waals surface area (Å²) in [5, 5.41) is 6.83. The van der Waals surface area contributed by atoms with E-state index in [-0.39, 0.29) is 40.5 Å². The molecule has 0 amide bonds. The van der Waals surface area contributed by atoms with Gasteiger partial charge in [0.2, 0.25) is 0 Å². The molecule has 0 atom stereocenters. The maximum atomic E-state index is 10.7. The van der Waals surface area contributed by atoms with Gasteiger partial charge >= 0.3 is 43.3 Å². The van der Waals surface area contributed by atoms with Gasteiger partial charge in [-0.3, -0.25) is 15.2 Å². The molecule has 0 aromatic carbocycles. The van der Waals surface area contributed by atoms with Crippen LogP contribution < -0.4 is 5.73 Å². The summed E-state index contributed by atoms with van der Waals surface area (Å²) >= 11 is 0. The number of carbonyl (C=O) groups is 1. The first-order valence-corrected chi connectivity index (χ1v) is 4.58. The number of nitrogens with one attached hydrogen (secondary N) is 1. The molecule has 12 heteroatoms. The third kappa shape index (κ3) is 13.8. The van der Waals surface area contributed by atoms with Gasteiger partial charge in [0.15, 0.2) is 5.96 Å². The molecule has 9 N–H and O–H groups in total. The fourth-order valence-corrected chi connectivity index (χ4v) is 0.763. The number of rotatable bonds is 3. The van der Waals surface area contributed by atoms with Crippen molar-refractivity contribution in [3.8, 4) is 0 Å². The molecule has 0 aromatic rings. The number of carbonyl (C=O) groups excluding carboxylic acids is 1. The second kappa shape index (κ2) is 10.00. The molecule has 16 heavy (non-hydrogen) atoms. The van der Waals surface area contributed by atoms with Crippen LogP contribution in [0, 0.1) is 5.41 Å². The van der Waals surface area contributed by atoms with Crippen molar-refractivity contribution >= 4 is 49.3 Å². The molecule has 0 fully saturated rings. The summed E-state index contributed by atoms with van der Waals surface area (Å²) in [7, 11) is -3.49. The number of hydrogen-bond acceptors (Lipinski definition) is 4. The van der Waals surface area contributed by atoms with Crippen molar-refractivity contribution in [2.75, 3.05) is 13.6 Å². The number of guanidine groups is 1. The Balaban J connectivity index is -0.000000240. The van der Waals surface area contributed by atoms with Gasteiger partial charge < -0.3 is 26.1 Å². The first kappa shape index (κ1) is 24.9. The molecule has 0 aliphatic heterocycles. The third-order valence-electron chi connectivity index (χ3n) is 0.998. The van der Waals surface area contributed by atoms with Crippen molar-refractivity contribution in [2.45, 2.75) is 0 Å². The number of phosphoric ester groups is 1. The quantitative estimate of drug-likeness (QED) is 0.174. The summed E-state index contributed by atoms with van der Waals surface area (Å²) in [5.74, 6) is -1.55. The van der Waals surface area contributed by atoms with Crippen LogP contribution in [0.2, 0.25) is 0 Å². The molecule has 0 unspecified atom stereocenters. The molecule has 0 aromatic heterocycles. The van der Waals surface area contributed by atoms with E-state index in [4.69, 9.17) is 20.9 Å². The van der Waals surface area contributed by atoms with E-state index in [2.05, 4.69) is 4.52 Å². The van der Waals surface area contributed by atoms with Gasteiger partial charge in [0, 0.05) is 7.05 Å². The molecular formula is C4H15N3NaO7P. The zero-order valence-corrected chi connectivity index (χ0v) is 8.69. The summed E-state index contributed by atoms with van der Waals surface area (Å²) < 4.78 is 13.8. The fraction of sp³-hybridized carbons (Fsp3) is 0.500. The first-order valence-electron chi connectivity index (χ1n) is 3.05. The van der Waals surface area contributed by atoms with Gasteiger partial charge in [0.1, 0.15) is 6.54 Å². The average molecular weight is 271 g/mol. The molecule has 0 aliphatic carbocycles. The second-order valence-corrected chi connectivity index (χ2v) is 3.36. The molecule has 0 bridgehead atoms. The van der Waals surface area contributed by atoms with E-state index in [1.165, 1.54) is 7.05 Å². The van der Waals surface area contributed by atoms with Crippen molar-refractivity contribution in [3.05, 3.63) is 0 Å². The van der Waals surface area contributed by atoms with Crippen molar-refractivity contribution < 1.29 is 34.6 Å². The van der Waals surface area contributed by atoms with Gasteiger partial charge in [-0.25, -0.2) is 9.36 Å². The Morgan fingerprint density at radius 3 is 2.12 bits per heavy atom. The molecule has 0 heterocycles. The number of likely N-dealkylation sites (N-methyl/N-ethyl adjacent to an activating group) is 1. The predicted molar refractivity (Wildman–Crippen MR) is 57.1 cm³/mol. The van der Waals surface area contributed by atoms with Gasteiger partial charge in [0.25, 0.3) is 0 Å². The van der Waals surface area contributed by atoms with Crippen LogP contribution >= 0.6 is 7.82 Å². The van der Waals surface area contributed by atoms with Crippen LogP contribution in [0.1, 0.15) is 0 Å². The Kier molecular flexibility index (Phi) is 15.5. The third-order valence-corrected chi connectivity index (χ3v) is 1.44. The van der Waals surface area contributed by atoms with Crippen LogP contribution in [0.4, 0.5) is 0 Å². The summed E-state index contributed by atoms with van der Waals surface area (Å²) in [4.78, 5) is 28.0. The van der Waals surface area contributed by atoms with Crippen LogP contribution in [-0.4, -0.2) is 80.7 Å². The van der Waals surface area contributed by atoms with Crippen molar-refractivity contribution in [1.29, 1.82) is 5.41 Å². The maximum absolute atomic E-state index is 10.7. The topological polar surface area (TPSA) is 200 Å². The summed E-state index contributed by atoms with van der Waals surface area (Å²) in [6, 6.07) is 0. The Morgan fingerprint density at radius 1 is 1.50 bits per heavy atom. The molecule has 0 spiro atoms. The van der Waals surface area contributed by atoms with Crippen LogP contribution in [0.15, 0.2) is 0 Å². The van der Waals surface area contributed by atoms with Gasteiger partial charge in [-0.05, 0) is 0 Å². The van der Waals surface area contributed by atoms with E-state index in [1.807, 2.05) is 0 Å². The Labute approximate surface area is 113 Å². The van der Waals surface area contributed by atoms with E-state index in [0.717, 1.165) is 4.90 Å². The normalized spacial score (nSPS) is 8.69. The van der Waals surface area contributed by atoms with Crippen molar-refractivity contribution in [3.63, 3.8) is 0 Å². The second-order valence-electron chi connectivity index (χ2n) is 2.20. The Hall–Kier alpha value is -0.190. The van der Waals surface area contributed by atoms with Crippen molar-refractivity contribution in [1.82, 2.24) is 4.90 Å². The standard InChI is InChI=1S/C4H10N3O5P.Na.2H2O.H/c1-7(4(5)6)2-3(8)12-13(9,10)11;;;;/h2H2,1H3,(H3,5,6)(H2,9,10,11);;2*1H2;. The van der Waals surface area contributed by atoms with Gasteiger partial charge in [-0.2, -0.15) is 0 Å². The summed E-state index contributed by atoms with van der Waals surface area (Å²) in [5.41, 5.74) is 4.96. The number of nitrogens with two attached hydrogens (primary N) is 1. The summed E-state index contributed by atoms with van der Waals surface area (Å²) in [6.45, 7) is -0.486. The van der Waals surface area contributed by atoms with Crippen LogP contribution in [-0.2, 0) is 13.9 Å². The number of phosphoric acid groups is 1. The molecule has 10 nitrogen and oxygen atoms in total. The molecule has 0 saturated heterocycles. The fourth-order valence-electron chi connectivity index (χ4n) is 0.440. The minimum atomic E-state index is -4.80. The molecule has 0 rings (SSSR count). The van der Waals surface area contributed by atoms with Gasteiger partial charge in [0.05, 0.1) is 0 Å². The predicted octanol–water partition coefficient (Wildman–Crippen LogP) is -3.85. The Bertz CT molecular complexity index is 268. The summed E-state index contributed by atoms with van der Waals surface area (Å²) in [6.07, 6.45) is 0. The van der Waals surface area contributed by atoms with Gasteiger partial charge in [-0.1, -0.05) is 0 Å². The van der Waals surface area contributed by atoms with Gasteiger partial charge in [-0.15, -0.1) is 0 Å². The number of nitrogens with zero attached hydrogens (tertiary/aromatic N) is 1. The van der Waals surface area contributed by atoms with E-state index < -0.39 is 26.3 Å². The Morgan fingerprint density at radius 2 is 1.88 bits per heavy atom. The van der Waals surface area contributed by atoms with E-state index in [9.17, 15) is 9.36 Å². The van der Waals surface area contributed by atoms with Crippen LogP contribution in [0.25, 0.3) is 0 Å². The average Bonchev–Trinajstić information content (AvgIpc) is 1.81. The monoisotopic (exact) mass is 271 g/mol. The number of hydrogen-bond donors (Lipinski definition) is 4. The molecule has 0 saturated carbocycles.